The van der Waals surface area contributed by atoms with E-state index in [2.05, 4.69) is 16.9 Å². The van der Waals surface area contributed by atoms with Crippen LogP contribution < -0.4 is 15.4 Å². The van der Waals surface area contributed by atoms with Gasteiger partial charge in [-0.05, 0) is 31.2 Å². The summed E-state index contributed by atoms with van der Waals surface area (Å²) < 4.78 is 73.2. The van der Waals surface area contributed by atoms with E-state index >= 15 is 0 Å². The highest BCUT2D eigenvalue weighted by Gasteiger charge is 2.48. The molecule has 2 unspecified atom stereocenters. The van der Waals surface area contributed by atoms with Crippen LogP contribution in [-0.4, -0.2) is 71.0 Å². The normalized spacial score (nSPS) is 16.8. The second kappa shape index (κ2) is 14.4. The van der Waals surface area contributed by atoms with Crippen LogP contribution >= 0.6 is 11.6 Å². The van der Waals surface area contributed by atoms with Crippen LogP contribution in [0.2, 0.25) is 5.02 Å². The summed E-state index contributed by atoms with van der Waals surface area (Å²) in [6.07, 6.45) is -2.42. The number of benzene rings is 1. The SMILES string of the molecule is C=C([C@@H](NC(=O)C1CCCN1C(=O)C(Cc1cccc(C)c1)Oc1cncc(Cl)c1)C(C)C)C(F)(F)C(=O)NCC(F)(F)F. The maximum Gasteiger partial charge on any atom is 0.405 e. The molecule has 0 radical (unpaired) electrons. The van der Waals surface area contributed by atoms with Crippen LogP contribution in [0.5, 0.6) is 5.75 Å². The lowest BCUT2D eigenvalue weighted by molar-refractivity contribution is -0.152. The van der Waals surface area contributed by atoms with Gasteiger partial charge in [-0.1, -0.05) is 61.9 Å². The fraction of sp³-hybridized carbons (Fsp3) is 0.467. The quantitative estimate of drug-likeness (QED) is 0.249. The third kappa shape index (κ3) is 9.13. The number of amides is 3. The van der Waals surface area contributed by atoms with E-state index in [0.29, 0.717) is 6.42 Å². The van der Waals surface area contributed by atoms with E-state index in [4.69, 9.17) is 16.3 Å². The number of aromatic nitrogens is 1. The van der Waals surface area contributed by atoms with Gasteiger partial charge >= 0.3 is 12.1 Å². The third-order valence-corrected chi connectivity index (χ3v) is 7.26. The number of ether oxygens (including phenoxy) is 1. The lowest BCUT2D eigenvalue weighted by Crippen LogP contribution is -2.55. The Morgan fingerprint density at radius 3 is 2.48 bits per heavy atom. The van der Waals surface area contributed by atoms with Crippen molar-refractivity contribution < 1.29 is 41.1 Å². The maximum atomic E-state index is 14.9. The van der Waals surface area contributed by atoms with Gasteiger partial charge in [0.15, 0.2) is 6.10 Å². The molecule has 0 aliphatic carbocycles. The number of hydrogen-bond acceptors (Lipinski definition) is 5. The summed E-state index contributed by atoms with van der Waals surface area (Å²) in [4.78, 5) is 44.6. The minimum atomic E-state index is -4.90. The summed E-state index contributed by atoms with van der Waals surface area (Å²) in [5.74, 6) is -8.42. The van der Waals surface area contributed by atoms with Crippen molar-refractivity contribution in [2.45, 2.75) is 70.3 Å². The first-order chi connectivity index (χ1) is 20.5. The van der Waals surface area contributed by atoms with E-state index in [-0.39, 0.29) is 30.2 Å². The highest BCUT2D eigenvalue weighted by atomic mass is 35.5. The van der Waals surface area contributed by atoms with E-state index in [1.165, 1.54) is 37.2 Å². The predicted octanol–water partition coefficient (Wildman–Crippen LogP) is 5.04. The van der Waals surface area contributed by atoms with Gasteiger partial charge < -0.3 is 20.3 Å². The molecule has 8 nitrogen and oxygen atoms in total. The van der Waals surface area contributed by atoms with E-state index < -0.39 is 66.0 Å². The van der Waals surface area contributed by atoms with Crippen LogP contribution in [0.15, 0.2) is 54.9 Å². The summed E-state index contributed by atoms with van der Waals surface area (Å²) in [5, 5.41) is 3.89. The molecule has 240 valence electrons. The largest absolute Gasteiger partial charge is 0.479 e. The molecule has 1 aromatic carbocycles. The number of carbonyl (C=O) groups excluding carboxylic acids is 3. The monoisotopic (exact) mass is 644 g/mol. The van der Waals surface area contributed by atoms with Crippen LogP contribution in [0, 0.1) is 12.8 Å². The van der Waals surface area contributed by atoms with E-state index in [1.54, 1.807) is 0 Å². The van der Waals surface area contributed by atoms with Gasteiger partial charge in [-0.3, -0.25) is 19.4 Å². The van der Waals surface area contributed by atoms with Gasteiger partial charge in [0, 0.05) is 30.8 Å². The molecule has 3 amide bonds. The van der Waals surface area contributed by atoms with Gasteiger partial charge in [0.05, 0.1) is 17.3 Å². The maximum absolute atomic E-state index is 14.9. The molecule has 2 N–H and O–H groups in total. The Balaban J connectivity index is 1.81. The summed E-state index contributed by atoms with van der Waals surface area (Å²) >= 11 is 6.04. The first kappa shape index (κ1) is 34.7. The second-order valence-corrected chi connectivity index (χ2v) is 11.4. The molecule has 1 aliphatic heterocycles. The lowest BCUT2D eigenvalue weighted by Gasteiger charge is -2.32. The summed E-state index contributed by atoms with van der Waals surface area (Å²) in [7, 11) is 0. The number of nitrogens with zero attached hydrogens (tertiary/aromatic N) is 2. The van der Waals surface area contributed by atoms with Crippen molar-refractivity contribution in [2.75, 3.05) is 13.1 Å². The zero-order valence-corrected chi connectivity index (χ0v) is 25.1. The molecular formula is C30H34ClF5N4O4. The summed E-state index contributed by atoms with van der Waals surface area (Å²) in [6, 6.07) is 6.36. The number of halogens is 6. The minimum absolute atomic E-state index is 0.141. The van der Waals surface area contributed by atoms with E-state index in [0.717, 1.165) is 16.4 Å². The van der Waals surface area contributed by atoms with Crippen LogP contribution in [0.1, 0.15) is 37.8 Å². The van der Waals surface area contributed by atoms with Gasteiger partial charge in [-0.25, -0.2) is 0 Å². The number of likely N-dealkylation sites (tertiary alicyclic amines) is 1. The molecule has 0 saturated carbocycles. The van der Waals surface area contributed by atoms with Crippen molar-refractivity contribution in [3.8, 4) is 5.75 Å². The van der Waals surface area contributed by atoms with Gasteiger partial charge in [-0.15, -0.1) is 0 Å². The molecule has 2 heterocycles. The van der Waals surface area contributed by atoms with Gasteiger partial charge in [0.25, 0.3) is 11.8 Å². The molecule has 0 bridgehead atoms. The smallest absolute Gasteiger partial charge is 0.405 e. The molecule has 1 saturated heterocycles. The number of pyridine rings is 1. The Kier molecular flexibility index (Phi) is 11.3. The molecule has 14 heteroatoms. The molecule has 1 aliphatic rings. The molecule has 3 atom stereocenters. The topological polar surface area (TPSA) is 101 Å². The molecule has 2 aromatic rings. The van der Waals surface area contributed by atoms with Gasteiger partial charge in [0.1, 0.15) is 18.3 Å². The van der Waals surface area contributed by atoms with Gasteiger partial charge in [-0.2, -0.15) is 22.0 Å². The van der Waals surface area contributed by atoms with Crippen LogP contribution in [-0.2, 0) is 20.8 Å². The summed E-state index contributed by atoms with van der Waals surface area (Å²) in [5.41, 5.74) is 0.673. The fourth-order valence-electron chi connectivity index (χ4n) is 4.88. The van der Waals surface area contributed by atoms with Crippen LogP contribution in [0.25, 0.3) is 0 Å². The first-order valence-electron chi connectivity index (χ1n) is 13.9. The predicted molar refractivity (Wildman–Crippen MR) is 153 cm³/mol. The average molecular weight is 645 g/mol. The second-order valence-electron chi connectivity index (χ2n) is 11.0. The Labute approximate surface area is 257 Å². The summed E-state index contributed by atoms with van der Waals surface area (Å²) in [6.45, 7) is 6.33. The van der Waals surface area contributed by atoms with Crippen LogP contribution in [0.3, 0.4) is 0 Å². The molecule has 3 rings (SSSR count). The van der Waals surface area contributed by atoms with Crippen LogP contribution in [0.4, 0.5) is 22.0 Å². The fourth-order valence-corrected chi connectivity index (χ4v) is 5.04. The van der Waals surface area contributed by atoms with E-state index in [9.17, 15) is 36.3 Å². The Morgan fingerprint density at radius 1 is 1.16 bits per heavy atom. The highest BCUT2D eigenvalue weighted by molar-refractivity contribution is 6.30. The standard InChI is InChI=1S/C30H34ClF5N4O4/c1-17(2)25(19(4)30(35,36)28(43)38-16-29(32,33)34)39-26(41)23-9-6-10-40(23)27(42)24(12-20-8-5-7-18(3)11-20)44-22-13-21(31)14-37-15-22/h5,7-8,11,13-15,17,23-25H,4,6,9-10,12,16H2,1-3H3,(H,38,43)(H,39,41)/t23?,24?,25-/m0/s1. The molecular weight excluding hydrogens is 611 g/mol. The van der Waals surface area contributed by atoms with Crippen molar-refractivity contribution in [3.63, 3.8) is 0 Å². The number of rotatable bonds is 12. The molecule has 44 heavy (non-hydrogen) atoms. The molecule has 1 fully saturated rings. The number of hydrogen-bond donors (Lipinski definition) is 2. The Bertz CT molecular complexity index is 1320. The zero-order valence-electron chi connectivity index (χ0n) is 24.4. The van der Waals surface area contributed by atoms with Crippen molar-refractivity contribution in [1.29, 1.82) is 0 Å². The number of carbonyl (C=O) groups is 3. The molecule has 1 aromatic heterocycles. The van der Waals surface area contributed by atoms with E-state index in [1.807, 2.05) is 31.2 Å². The van der Waals surface area contributed by atoms with Crippen molar-refractivity contribution in [2.24, 2.45) is 5.92 Å². The zero-order chi connectivity index (χ0) is 32.8. The minimum Gasteiger partial charge on any atom is -0.479 e. The first-order valence-corrected chi connectivity index (χ1v) is 14.2. The highest BCUT2D eigenvalue weighted by Crippen LogP contribution is 2.30. The number of nitrogens with one attached hydrogen (secondary N) is 2. The number of alkyl halides is 5. The molecule has 0 spiro atoms. The van der Waals surface area contributed by atoms with Gasteiger partial charge in [0.2, 0.25) is 5.91 Å². The van der Waals surface area contributed by atoms with Crippen molar-refractivity contribution in [3.05, 3.63) is 71.0 Å². The Hall–Kier alpha value is -3.74. The van der Waals surface area contributed by atoms with Crippen molar-refractivity contribution >= 4 is 29.3 Å². The third-order valence-electron chi connectivity index (χ3n) is 7.05. The Morgan fingerprint density at radius 2 is 1.86 bits per heavy atom. The van der Waals surface area contributed by atoms with Crippen molar-refractivity contribution in [1.82, 2.24) is 20.5 Å². The average Bonchev–Trinajstić information content (AvgIpc) is 3.43. The lowest BCUT2D eigenvalue weighted by atomic mass is 9.91. The number of aryl methyl sites for hydroxylation is 1.